The second-order valence-electron chi connectivity index (χ2n) is 8.22. The van der Waals surface area contributed by atoms with E-state index in [1.165, 1.54) is 21.7 Å². The van der Waals surface area contributed by atoms with Crippen molar-refractivity contribution in [2.45, 2.75) is 42.0 Å². The average Bonchev–Trinajstić information content (AvgIpc) is 3.62. The summed E-state index contributed by atoms with van der Waals surface area (Å²) in [7, 11) is -2.25. The number of amides is 1. The van der Waals surface area contributed by atoms with Crippen LogP contribution < -0.4 is 9.64 Å². The average molecular weight is 542 g/mol. The van der Waals surface area contributed by atoms with Crippen LogP contribution in [0, 0.1) is 0 Å². The molecule has 1 amide bonds. The molecule has 3 aromatic rings. The molecule has 2 fully saturated rings. The fourth-order valence-corrected chi connectivity index (χ4v) is 8.71. The molecule has 182 valence electrons. The molecule has 0 N–H and O–H groups in total. The van der Waals surface area contributed by atoms with E-state index >= 15 is 0 Å². The summed E-state index contributed by atoms with van der Waals surface area (Å²) in [5.41, 5.74) is 0.680. The zero-order chi connectivity index (χ0) is 23.9. The third-order valence-electron chi connectivity index (χ3n) is 6.10. The topological polar surface area (TPSA) is 89.0 Å². The van der Waals surface area contributed by atoms with Gasteiger partial charge in [0.05, 0.1) is 28.8 Å². The first kappa shape index (κ1) is 24.0. The van der Waals surface area contributed by atoms with Crippen LogP contribution in [0.2, 0.25) is 4.34 Å². The summed E-state index contributed by atoms with van der Waals surface area (Å²) in [5.74, 6) is 0.349. The minimum Gasteiger partial charge on any atom is -0.494 e. The highest BCUT2D eigenvalue weighted by Gasteiger charge is 2.43. The Morgan fingerprint density at radius 1 is 1.26 bits per heavy atom. The van der Waals surface area contributed by atoms with Crippen LogP contribution in [0.3, 0.4) is 0 Å². The number of fused-ring (bicyclic) bond motifs is 1. The number of nitrogens with zero attached hydrogens (tertiary/aromatic N) is 3. The number of ether oxygens (including phenoxy) is 2. The summed E-state index contributed by atoms with van der Waals surface area (Å²) in [6.07, 6.45) is 2.73. The van der Waals surface area contributed by atoms with E-state index in [9.17, 15) is 13.2 Å². The smallest absolute Gasteiger partial charge is 0.253 e. The molecular formula is C22H24ClN3O5S3. The minimum atomic E-state index is -3.84. The molecule has 0 spiro atoms. The van der Waals surface area contributed by atoms with Crippen LogP contribution in [-0.4, -0.2) is 62.6 Å². The largest absolute Gasteiger partial charge is 0.494 e. The van der Waals surface area contributed by atoms with Crippen LogP contribution >= 0.6 is 34.3 Å². The second-order valence-corrected chi connectivity index (χ2v) is 13.1. The van der Waals surface area contributed by atoms with Crippen LogP contribution in [0.25, 0.3) is 10.2 Å². The van der Waals surface area contributed by atoms with Gasteiger partial charge in [-0.1, -0.05) is 29.0 Å². The maximum atomic E-state index is 13.9. The fourth-order valence-electron chi connectivity index (χ4n) is 4.45. The first-order valence-electron chi connectivity index (χ1n) is 11.0. The fraction of sp³-hybridized carbons (Fsp3) is 0.455. The number of benzene rings is 1. The molecule has 2 atom stereocenters. The van der Waals surface area contributed by atoms with Gasteiger partial charge >= 0.3 is 0 Å². The van der Waals surface area contributed by atoms with Crippen molar-refractivity contribution < 1.29 is 22.7 Å². The number of thiophene rings is 1. The highest BCUT2D eigenvalue weighted by molar-refractivity contribution is 7.91. The van der Waals surface area contributed by atoms with Crippen molar-refractivity contribution in [2.24, 2.45) is 0 Å². The van der Waals surface area contributed by atoms with Gasteiger partial charge in [0.25, 0.3) is 10.0 Å². The van der Waals surface area contributed by atoms with Gasteiger partial charge in [-0.05, 0) is 49.9 Å². The number of carbonyl (C=O) groups excluding carboxylic acids is 1. The SMILES string of the molecule is COc1cccc2sc(N(CC3CCCO3)C(=O)C3CCCN3S(=O)(=O)c3ccc(Cl)s3)nc12. The van der Waals surface area contributed by atoms with Crippen LogP contribution in [0.5, 0.6) is 5.75 Å². The number of sulfonamides is 1. The molecule has 0 bridgehead atoms. The summed E-state index contributed by atoms with van der Waals surface area (Å²) >= 11 is 8.38. The van der Waals surface area contributed by atoms with Crippen molar-refractivity contribution in [1.82, 2.24) is 9.29 Å². The lowest BCUT2D eigenvalue weighted by molar-refractivity contribution is -0.122. The van der Waals surface area contributed by atoms with Crippen molar-refractivity contribution in [1.29, 1.82) is 0 Å². The monoisotopic (exact) mass is 541 g/mol. The Balaban J connectivity index is 1.50. The zero-order valence-electron chi connectivity index (χ0n) is 18.5. The van der Waals surface area contributed by atoms with Gasteiger partial charge in [0.1, 0.15) is 21.5 Å². The third-order valence-corrected chi connectivity index (χ3v) is 10.7. The van der Waals surface area contributed by atoms with E-state index in [0.717, 1.165) is 28.9 Å². The third kappa shape index (κ3) is 4.45. The Morgan fingerprint density at radius 2 is 2.12 bits per heavy atom. The van der Waals surface area contributed by atoms with Crippen molar-refractivity contribution in [3.05, 3.63) is 34.7 Å². The van der Waals surface area contributed by atoms with E-state index in [0.29, 0.717) is 46.7 Å². The Hall–Kier alpha value is -1.76. The van der Waals surface area contributed by atoms with Gasteiger partial charge in [0.15, 0.2) is 5.13 Å². The maximum absolute atomic E-state index is 13.9. The Labute approximate surface area is 211 Å². The van der Waals surface area contributed by atoms with E-state index in [1.54, 1.807) is 18.1 Å². The lowest BCUT2D eigenvalue weighted by Crippen LogP contribution is -2.49. The van der Waals surface area contributed by atoms with Gasteiger partial charge in [-0.3, -0.25) is 9.69 Å². The zero-order valence-corrected chi connectivity index (χ0v) is 21.7. The summed E-state index contributed by atoms with van der Waals surface area (Å²) in [6.45, 7) is 1.27. The first-order chi connectivity index (χ1) is 16.4. The number of carbonyl (C=O) groups is 1. The maximum Gasteiger partial charge on any atom is 0.253 e. The van der Waals surface area contributed by atoms with E-state index in [1.807, 2.05) is 18.2 Å². The number of aromatic nitrogens is 1. The molecule has 2 saturated heterocycles. The molecule has 0 saturated carbocycles. The first-order valence-corrected chi connectivity index (χ1v) is 14.5. The summed E-state index contributed by atoms with van der Waals surface area (Å²) in [6, 6.07) is 7.89. The predicted octanol–water partition coefficient (Wildman–Crippen LogP) is 4.39. The number of thiazole rings is 1. The summed E-state index contributed by atoms with van der Waals surface area (Å²) in [4.78, 5) is 20.3. The minimum absolute atomic E-state index is 0.111. The predicted molar refractivity (Wildman–Crippen MR) is 134 cm³/mol. The summed E-state index contributed by atoms with van der Waals surface area (Å²) in [5, 5.41) is 0.517. The van der Waals surface area contributed by atoms with E-state index < -0.39 is 16.1 Å². The number of anilines is 1. The Kier molecular flexibility index (Phi) is 6.84. The number of rotatable bonds is 7. The molecule has 1 aromatic carbocycles. The van der Waals surface area contributed by atoms with Crippen molar-refractivity contribution >= 4 is 65.6 Å². The molecule has 2 aromatic heterocycles. The Bertz CT molecular complexity index is 1300. The van der Waals surface area contributed by atoms with Gasteiger partial charge < -0.3 is 9.47 Å². The van der Waals surface area contributed by atoms with Crippen molar-refractivity contribution in [2.75, 3.05) is 31.7 Å². The molecule has 12 heteroatoms. The van der Waals surface area contributed by atoms with Gasteiger partial charge in [-0.15, -0.1) is 11.3 Å². The molecular weight excluding hydrogens is 518 g/mol. The molecule has 4 heterocycles. The number of para-hydroxylation sites is 1. The molecule has 0 radical (unpaired) electrons. The van der Waals surface area contributed by atoms with Gasteiger partial charge in [0, 0.05) is 13.2 Å². The Morgan fingerprint density at radius 3 is 2.82 bits per heavy atom. The number of halogens is 1. The highest BCUT2D eigenvalue weighted by atomic mass is 35.5. The number of hydrogen-bond donors (Lipinski definition) is 0. The molecule has 2 unspecified atom stereocenters. The van der Waals surface area contributed by atoms with Gasteiger partial charge in [0.2, 0.25) is 5.91 Å². The van der Waals surface area contributed by atoms with E-state index in [4.69, 9.17) is 26.1 Å². The lowest BCUT2D eigenvalue weighted by atomic mass is 10.2. The quantitative estimate of drug-likeness (QED) is 0.441. The molecule has 2 aliphatic heterocycles. The van der Waals surface area contributed by atoms with Crippen molar-refractivity contribution in [3.63, 3.8) is 0 Å². The van der Waals surface area contributed by atoms with Gasteiger partial charge in [-0.25, -0.2) is 13.4 Å². The van der Waals surface area contributed by atoms with Crippen LogP contribution in [-0.2, 0) is 19.6 Å². The highest BCUT2D eigenvalue weighted by Crippen LogP contribution is 2.37. The van der Waals surface area contributed by atoms with E-state index in [2.05, 4.69) is 0 Å². The lowest BCUT2D eigenvalue weighted by Gasteiger charge is -2.29. The van der Waals surface area contributed by atoms with Crippen LogP contribution in [0.15, 0.2) is 34.5 Å². The molecule has 0 aliphatic carbocycles. The second kappa shape index (κ2) is 9.71. The van der Waals surface area contributed by atoms with E-state index in [-0.39, 0.29) is 22.8 Å². The van der Waals surface area contributed by atoms with Crippen molar-refractivity contribution in [3.8, 4) is 5.75 Å². The molecule has 34 heavy (non-hydrogen) atoms. The molecule has 2 aliphatic rings. The van der Waals surface area contributed by atoms with Gasteiger partial charge in [-0.2, -0.15) is 4.31 Å². The van der Waals surface area contributed by atoms with Crippen LogP contribution in [0.1, 0.15) is 25.7 Å². The standard InChI is InChI=1S/C22H24ClN3O5S3/c1-30-16-7-2-8-17-20(16)24-22(32-17)25(13-14-5-4-12-31-14)21(27)15-6-3-11-26(15)34(28,29)19-10-9-18(23)33-19/h2,7-10,14-15H,3-6,11-13H2,1H3. The van der Waals surface area contributed by atoms with Crippen LogP contribution in [0.4, 0.5) is 5.13 Å². The normalized spacial score (nSPS) is 21.4. The summed E-state index contributed by atoms with van der Waals surface area (Å²) < 4.78 is 40.7. The number of hydrogen-bond acceptors (Lipinski definition) is 8. The molecule has 5 rings (SSSR count). The number of methoxy groups -OCH3 is 1. The molecule has 8 nitrogen and oxygen atoms in total.